The lowest BCUT2D eigenvalue weighted by molar-refractivity contribution is 0.407. The average Bonchev–Trinajstić information content (AvgIpc) is 3.33. The molecular formula is C17H26IN3S. The van der Waals surface area contributed by atoms with E-state index in [9.17, 15) is 0 Å². The van der Waals surface area contributed by atoms with Crippen molar-refractivity contribution in [2.24, 2.45) is 4.99 Å². The molecule has 1 saturated heterocycles. The highest BCUT2D eigenvalue weighted by atomic mass is 127. The molecule has 1 heterocycles. The number of benzene rings is 1. The van der Waals surface area contributed by atoms with Crippen LogP contribution in [0.25, 0.3) is 0 Å². The van der Waals surface area contributed by atoms with E-state index in [0.29, 0.717) is 12.0 Å². The van der Waals surface area contributed by atoms with Crippen LogP contribution < -0.4 is 5.32 Å². The van der Waals surface area contributed by atoms with Crippen molar-refractivity contribution in [1.82, 2.24) is 10.2 Å². The first-order valence-electron chi connectivity index (χ1n) is 7.96. The van der Waals surface area contributed by atoms with E-state index >= 15 is 0 Å². The number of nitrogens with zero attached hydrogens (tertiary/aromatic N) is 2. The summed E-state index contributed by atoms with van der Waals surface area (Å²) in [6, 6.07) is 11.4. The van der Waals surface area contributed by atoms with E-state index in [-0.39, 0.29) is 24.0 Å². The molecule has 1 aliphatic heterocycles. The van der Waals surface area contributed by atoms with Gasteiger partial charge in [-0.25, -0.2) is 0 Å². The number of hydrogen-bond donors (Lipinski definition) is 1. The molecule has 1 aromatic carbocycles. The van der Waals surface area contributed by atoms with Gasteiger partial charge in [-0.1, -0.05) is 37.3 Å². The van der Waals surface area contributed by atoms with Crippen LogP contribution in [0.2, 0.25) is 0 Å². The van der Waals surface area contributed by atoms with Gasteiger partial charge >= 0.3 is 0 Å². The van der Waals surface area contributed by atoms with Gasteiger partial charge in [-0.15, -0.1) is 24.0 Å². The van der Waals surface area contributed by atoms with E-state index in [0.717, 1.165) is 24.3 Å². The van der Waals surface area contributed by atoms with Crippen LogP contribution in [0.4, 0.5) is 0 Å². The van der Waals surface area contributed by atoms with Gasteiger partial charge in [-0.3, -0.25) is 4.99 Å². The molecule has 5 heteroatoms. The van der Waals surface area contributed by atoms with E-state index < -0.39 is 0 Å². The first kappa shape index (κ1) is 17.9. The molecule has 1 N–H and O–H groups in total. The fourth-order valence-electron chi connectivity index (χ4n) is 3.04. The van der Waals surface area contributed by atoms with Crippen molar-refractivity contribution < 1.29 is 0 Å². The zero-order chi connectivity index (χ0) is 14.7. The zero-order valence-corrected chi connectivity index (χ0v) is 16.5. The third-order valence-corrected chi connectivity index (χ3v) is 5.81. The maximum Gasteiger partial charge on any atom is 0.193 e. The fraction of sp³-hybridized carbons (Fsp3) is 0.588. The summed E-state index contributed by atoms with van der Waals surface area (Å²) in [5.41, 5.74) is 1.45. The Balaban J connectivity index is 0.00000176. The average molecular weight is 431 g/mol. The minimum atomic E-state index is 0. The molecule has 2 aliphatic rings. The molecule has 1 aromatic rings. The minimum absolute atomic E-state index is 0. The van der Waals surface area contributed by atoms with Crippen molar-refractivity contribution in [2.75, 3.05) is 25.9 Å². The molecule has 3 unspecified atom stereocenters. The Kier molecular flexibility index (Phi) is 6.87. The number of hydrogen-bond acceptors (Lipinski definition) is 2. The Labute approximate surface area is 155 Å². The monoisotopic (exact) mass is 431 g/mol. The molecule has 0 amide bonds. The van der Waals surface area contributed by atoms with E-state index in [1.54, 1.807) is 0 Å². The number of nitrogens with one attached hydrogen (secondary N) is 1. The van der Waals surface area contributed by atoms with Crippen LogP contribution in [0.5, 0.6) is 0 Å². The number of aliphatic imine (C=N–C) groups is 1. The van der Waals surface area contributed by atoms with Crippen molar-refractivity contribution in [2.45, 2.75) is 37.0 Å². The largest absolute Gasteiger partial charge is 0.353 e. The summed E-state index contributed by atoms with van der Waals surface area (Å²) in [6.07, 6.45) is 2.47. The number of rotatable bonds is 3. The molecule has 3 rings (SSSR count). The lowest BCUT2D eigenvalue weighted by atomic mass is 10.1. The lowest BCUT2D eigenvalue weighted by Crippen LogP contribution is -2.48. The highest BCUT2D eigenvalue weighted by Gasteiger charge is 2.39. The second-order valence-electron chi connectivity index (χ2n) is 5.90. The fourth-order valence-corrected chi connectivity index (χ4v) is 4.23. The van der Waals surface area contributed by atoms with Gasteiger partial charge in [0.05, 0.1) is 0 Å². The van der Waals surface area contributed by atoms with Gasteiger partial charge < -0.3 is 10.2 Å². The molecule has 122 valence electrons. The molecule has 2 fully saturated rings. The van der Waals surface area contributed by atoms with Crippen LogP contribution in [0.1, 0.15) is 31.2 Å². The summed E-state index contributed by atoms with van der Waals surface area (Å²) in [5.74, 6) is 2.97. The van der Waals surface area contributed by atoms with Crippen molar-refractivity contribution in [3.8, 4) is 0 Å². The molecule has 1 saturated carbocycles. The van der Waals surface area contributed by atoms with Gasteiger partial charge in [0.25, 0.3) is 0 Å². The molecule has 1 aliphatic carbocycles. The van der Waals surface area contributed by atoms with E-state index in [1.807, 2.05) is 7.05 Å². The van der Waals surface area contributed by atoms with Gasteiger partial charge in [-0.05, 0) is 18.4 Å². The van der Waals surface area contributed by atoms with E-state index in [4.69, 9.17) is 0 Å². The Morgan fingerprint density at radius 2 is 2.14 bits per heavy atom. The second kappa shape index (κ2) is 8.43. The Morgan fingerprint density at radius 3 is 2.82 bits per heavy atom. The molecule has 3 atom stereocenters. The Hall–Kier alpha value is -0.430. The van der Waals surface area contributed by atoms with E-state index in [1.165, 1.54) is 24.2 Å². The third-order valence-electron chi connectivity index (χ3n) is 4.44. The maximum absolute atomic E-state index is 4.51. The highest BCUT2D eigenvalue weighted by Crippen LogP contribution is 2.40. The smallest absolute Gasteiger partial charge is 0.193 e. The highest BCUT2D eigenvalue weighted by molar-refractivity contribution is 14.0. The standard InChI is InChI=1S/C17H25N3S.HI/c1-3-14-12-20(9-10-21-14)17(18-2)19-16-11-15(16)13-7-5-4-6-8-13;/h4-8,14-16H,3,9-12H2,1-2H3,(H,18,19);1H. The van der Waals surface area contributed by atoms with Gasteiger partial charge in [-0.2, -0.15) is 11.8 Å². The first-order valence-corrected chi connectivity index (χ1v) is 9.01. The molecule has 3 nitrogen and oxygen atoms in total. The molecule has 22 heavy (non-hydrogen) atoms. The summed E-state index contributed by atoms with van der Waals surface area (Å²) < 4.78 is 0. The van der Waals surface area contributed by atoms with Gasteiger partial charge in [0.15, 0.2) is 5.96 Å². The Bertz CT molecular complexity index is 494. The second-order valence-corrected chi connectivity index (χ2v) is 7.31. The first-order chi connectivity index (χ1) is 10.3. The Morgan fingerprint density at radius 1 is 1.36 bits per heavy atom. The summed E-state index contributed by atoms with van der Waals surface area (Å²) in [7, 11) is 1.91. The van der Waals surface area contributed by atoms with Gasteiger partial charge in [0.2, 0.25) is 0 Å². The molecule has 0 aromatic heterocycles. The van der Waals surface area contributed by atoms with Gasteiger partial charge in [0, 0.05) is 43.1 Å². The van der Waals surface area contributed by atoms with Crippen LogP contribution in [0.3, 0.4) is 0 Å². The minimum Gasteiger partial charge on any atom is -0.353 e. The van der Waals surface area contributed by atoms with E-state index in [2.05, 4.69) is 64.2 Å². The predicted molar refractivity (Wildman–Crippen MR) is 108 cm³/mol. The molecule has 0 bridgehead atoms. The predicted octanol–water partition coefficient (Wildman–Crippen LogP) is 3.56. The van der Waals surface area contributed by atoms with Crippen molar-refractivity contribution in [1.29, 1.82) is 0 Å². The van der Waals surface area contributed by atoms with Crippen molar-refractivity contribution in [3.05, 3.63) is 35.9 Å². The summed E-state index contributed by atoms with van der Waals surface area (Å²) in [6.45, 7) is 4.52. The normalized spacial score (nSPS) is 28.0. The lowest BCUT2D eigenvalue weighted by Gasteiger charge is -2.34. The summed E-state index contributed by atoms with van der Waals surface area (Å²) in [5, 5.41) is 4.42. The number of thioether (sulfide) groups is 1. The summed E-state index contributed by atoms with van der Waals surface area (Å²) in [4.78, 5) is 6.95. The topological polar surface area (TPSA) is 27.6 Å². The van der Waals surface area contributed by atoms with Crippen LogP contribution >= 0.6 is 35.7 Å². The third kappa shape index (κ3) is 4.31. The molecular weight excluding hydrogens is 405 g/mol. The molecule has 0 radical (unpaired) electrons. The maximum atomic E-state index is 4.51. The SMILES string of the molecule is CCC1CN(C(=NC)NC2CC2c2ccccc2)CCS1.I. The quantitative estimate of drug-likeness (QED) is 0.451. The van der Waals surface area contributed by atoms with Crippen LogP contribution in [0, 0.1) is 0 Å². The van der Waals surface area contributed by atoms with Crippen LogP contribution in [-0.4, -0.2) is 48.0 Å². The number of halogens is 1. The van der Waals surface area contributed by atoms with Crippen LogP contribution in [-0.2, 0) is 0 Å². The zero-order valence-electron chi connectivity index (χ0n) is 13.4. The van der Waals surface area contributed by atoms with Crippen LogP contribution in [0.15, 0.2) is 35.3 Å². The van der Waals surface area contributed by atoms with Crippen molar-refractivity contribution >= 4 is 41.7 Å². The number of guanidine groups is 1. The van der Waals surface area contributed by atoms with Crippen molar-refractivity contribution in [3.63, 3.8) is 0 Å². The molecule has 0 spiro atoms. The summed E-state index contributed by atoms with van der Waals surface area (Å²) >= 11 is 2.10. The van der Waals surface area contributed by atoms with Gasteiger partial charge in [0.1, 0.15) is 0 Å².